The molecule has 0 saturated carbocycles. The summed E-state index contributed by atoms with van der Waals surface area (Å²) in [5, 5.41) is 9.12. The summed E-state index contributed by atoms with van der Waals surface area (Å²) in [6.45, 7) is 1.28. The van der Waals surface area contributed by atoms with E-state index >= 15 is 0 Å². The molecule has 0 amide bonds. The van der Waals surface area contributed by atoms with Crippen LogP contribution >= 0.6 is 0 Å². The Bertz CT molecular complexity index is 1420. The molecule has 37 heavy (non-hydrogen) atoms. The molecule has 6 nitrogen and oxygen atoms in total. The van der Waals surface area contributed by atoms with E-state index < -0.39 is 6.30 Å². The molecule has 3 heterocycles. The van der Waals surface area contributed by atoms with Crippen LogP contribution in [-0.2, 0) is 6.54 Å². The predicted molar refractivity (Wildman–Crippen MR) is 135 cm³/mol. The molecule has 190 valence electrons. The maximum absolute atomic E-state index is 13.3. The zero-order valence-electron chi connectivity index (χ0n) is 20.4. The predicted octanol–water partition coefficient (Wildman–Crippen LogP) is 5.58. The summed E-state index contributed by atoms with van der Waals surface area (Å²) < 4.78 is 47.2. The van der Waals surface area contributed by atoms with E-state index in [1.807, 2.05) is 59.1 Å². The van der Waals surface area contributed by atoms with Crippen molar-refractivity contribution in [3.63, 3.8) is 0 Å². The summed E-state index contributed by atoms with van der Waals surface area (Å²) in [7, 11) is 1.61. The molecule has 4 aromatic rings. The minimum absolute atomic E-state index is 0.00132. The van der Waals surface area contributed by atoms with Gasteiger partial charge in [-0.25, -0.2) is 9.88 Å². The second-order valence-corrected chi connectivity index (χ2v) is 9.06. The van der Waals surface area contributed by atoms with Crippen LogP contribution in [0.1, 0.15) is 17.7 Å². The van der Waals surface area contributed by atoms with Gasteiger partial charge in [0.05, 0.1) is 30.1 Å². The lowest BCUT2D eigenvalue weighted by atomic mass is 10.1. The highest BCUT2D eigenvalue weighted by molar-refractivity contribution is 5.70. The van der Waals surface area contributed by atoms with E-state index in [9.17, 15) is 13.2 Å². The first kappa shape index (κ1) is 24.8. The van der Waals surface area contributed by atoms with Gasteiger partial charge in [0.25, 0.3) is 0 Å². The largest absolute Gasteiger partial charge is 0.497 e. The maximum Gasteiger partial charge on any atom is 0.459 e. The van der Waals surface area contributed by atoms with Gasteiger partial charge in [-0.15, -0.1) is 0 Å². The highest BCUT2D eigenvalue weighted by atomic mass is 19.4. The second kappa shape index (κ2) is 10.2. The summed E-state index contributed by atoms with van der Waals surface area (Å²) in [4.78, 5) is 7.56. The lowest BCUT2D eigenvalue weighted by molar-refractivity contribution is -0.244. The van der Waals surface area contributed by atoms with Crippen molar-refractivity contribution < 1.29 is 17.9 Å². The Labute approximate surface area is 213 Å². The molecule has 1 aliphatic rings. The van der Waals surface area contributed by atoms with Crippen molar-refractivity contribution in [1.82, 2.24) is 19.2 Å². The number of hydrogen-bond donors (Lipinski definition) is 0. The number of rotatable bonds is 5. The van der Waals surface area contributed by atoms with Crippen LogP contribution in [0.5, 0.6) is 5.75 Å². The zero-order chi connectivity index (χ0) is 26.0. The summed E-state index contributed by atoms with van der Waals surface area (Å²) in [5.74, 6) is 0.733. The van der Waals surface area contributed by atoms with E-state index in [1.165, 1.54) is 0 Å². The number of imidazole rings is 1. The van der Waals surface area contributed by atoms with Gasteiger partial charge in [-0.2, -0.15) is 18.4 Å². The van der Waals surface area contributed by atoms with Crippen molar-refractivity contribution in [3.8, 4) is 34.2 Å². The normalized spacial score (nSPS) is 15.4. The van der Waals surface area contributed by atoms with Crippen LogP contribution in [0.25, 0.3) is 28.0 Å². The molecule has 0 spiro atoms. The molecular weight excluding hydrogens is 479 g/mol. The number of ether oxygens (including phenoxy) is 1. The lowest BCUT2D eigenvalue weighted by Gasteiger charge is -2.23. The van der Waals surface area contributed by atoms with Crippen molar-refractivity contribution in [3.05, 3.63) is 78.1 Å². The van der Waals surface area contributed by atoms with Crippen molar-refractivity contribution in [2.45, 2.75) is 19.3 Å². The van der Waals surface area contributed by atoms with Crippen LogP contribution in [0.3, 0.4) is 0 Å². The third-order valence-corrected chi connectivity index (χ3v) is 6.75. The number of hydrogen-bond acceptors (Lipinski definition) is 5. The van der Waals surface area contributed by atoms with Crippen LogP contribution in [0, 0.1) is 11.3 Å². The summed E-state index contributed by atoms with van der Waals surface area (Å²) in [5.41, 5.74) is 5.87. The molecule has 1 aliphatic heterocycles. The molecule has 2 aromatic heterocycles. The third-order valence-electron chi connectivity index (χ3n) is 6.75. The van der Waals surface area contributed by atoms with Crippen LogP contribution in [-0.4, -0.2) is 58.8 Å². The number of pyridine rings is 1. The van der Waals surface area contributed by atoms with Gasteiger partial charge < -0.3 is 9.14 Å². The van der Waals surface area contributed by atoms with Gasteiger partial charge in [-0.1, -0.05) is 12.1 Å². The van der Waals surface area contributed by atoms with E-state index in [1.54, 1.807) is 19.2 Å². The van der Waals surface area contributed by atoms with Gasteiger partial charge in [0.15, 0.2) is 0 Å². The Balaban J connectivity index is 1.54. The SMILES string of the molecule is COc1ccc(-c2nc3ccc(-c4ccc(C#N)cc4)cn3c2CN2CCCN(C(F)(F)F)CC2)cc1. The number of fused-ring (bicyclic) bond motifs is 1. The molecule has 5 rings (SSSR count). The van der Waals surface area contributed by atoms with Gasteiger partial charge in [-0.3, -0.25) is 4.90 Å². The number of aromatic nitrogens is 2. The number of nitrogens with zero attached hydrogens (tertiary/aromatic N) is 5. The first-order chi connectivity index (χ1) is 17.9. The molecule has 0 aliphatic carbocycles. The second-order valence-electron chi connectivity index (χ2n) is 9.06. The van der Waals surface area contributed by atoms with E-state index in [0.717, 1.165) is 39.5 Å². The summed E-state index contributed by atoms with van der Waals surface area (Å²) in [6.07, 6.45) is -1.87. The maximum atomic E-state index is 13.3. The zero-order valence-corrected chi connectivity index (χ0v) is 20.4. The first-order valence-corrected chi connectivity index (χ1v) is 12.1. The molecular formula is C28H26F3N5O. The monoisotopic (exact) mass is 505 g/mol. The van der Waals surface area contributed by atoms with Crippen LogP contribution in [0.4, 0.5) is 13.2 Å². The standard InChI is InChI=1S/C28H26F3N5O/c1-37-24-10-7-22(8-11-24)27-25(19-34-13-2-14-35(16-15-34)28(29,30)31)36-18-23(9-12-26(36)33-27)21-5-3-20(17-32)4-6-21/h3-12,18H,2,13-16,19H2,1H3. The van der Waals surface area contributed by atoms with Gasteiger partial charge in [-0.05, 0) is 72.6 Å². The van der Waals surface area contributed by atoms with E-state index in [4.69, 9.17) is 15.0 Å². The molecule has 0 bridgehead atoms. The minimum Gasteiger partial charge on any atom is -0.497 e. The number of halogens is 3. The number of methoxy groups -OCH3 is 1. The Kier molecular flexibility index (Phi) is 6.87. The smallest absolute Gasteiger partial charge is 0.459 e. The average molecular weight is 506 g/mol. The topological polar surface area (TPSA) is 56.8 Å². The fraction of sp³-hybridized carbons (Fsp3) is 0.286. The molecule has 1 saturated heterocycles. The quantitative estimate of drug-likeness (QED) is 0.332. The highest BCUT2D eigenvalue weighted by Crippen LogP contribution is 2.30. The van der Waals surface area contributed by atoms with Crippen LogP contribution in [0.15, 0.2) is 66.9 Å². The number of nitriles is 1. The van der Waals surface area contributed by atoms with E-state index in [-0.39, 0.29) is 13.1 Å². The highest BCUT2D eigenvalue weighted by Gasteiger charge is 2.37. The molecule has 2 aromatic carbocycles. The third kappa shape index (κ3) is 5.31. The molecule has 9 heteroatoms. The fourth-order valence-electron chi connectivity index (χ4n) is 4.73. The molecule has 0 atom stereocenters. The Morgan fingerprint density at radius 3 is 2.27 bits per heavy atom. The Morgan fingerprint density at radius 1 is 0.892 bits per heavy atom. The van der Waals surface area contributed by atoms with Crippen LogP contribution in [0.2, 0.25) is 0 Å². The Morgan fingerprint density at radius 2 is 1.59 bits per heavy atom. The Hall–Kier alpha value is -3.87. The van der Waals surface area contributed by atoms with E-state index in [0.29, 0.717) is 36.5 Å². The van der Waals surface area contributed by atoms with Crippen molar-refractivity contribution in [2.24, 2.45) is 0 Å². The van der Waals surface area contributed by atoms with Crippen molar-refractivity contribution >= 4 is 5.65 Å². The molecule has 0 radical (unpaired) electrons. The van der Waals surface area contributed by atoms with Crippen molar-refractivity contribution in [1.29, 1.82) is 5.26 Å². The van der Waals surface area contributed by atoms with Crippen molar-refractivity contribution in [2.75, 3.05) is 33.3 Å². The molecule has 0 N–H and O–H groups in total. The molecule has 0 unspecified atom stereocenters. The van der Waals surface area contributed by atoms with Gasteiger partial charge in [0, 0.05) is 37.9 Å². The average Bonchev–Trinajstić information content (AvgIpc) is 3.08. The fourth-order valence-corrected chi connectivity index (χ4v) is 4.73. The lowest BCUT2D eigenvalue weighted by Crippen LogP contribution is -2.40. The van der Waals surface area contributed by atoms with Crippen LogP contribution < -0.4 is 4.74 Å². The van der Waals surface area contributed by atoms with Gasteiger partial charge in [0.1, 0.15) is 11.4 Å². The number of alkyl halides is 3. The summed E-state index contributed by atoms with van der Waals surface area (Å²) in [6, 6.07) is 21.1. The van der Waals surface area contributed by atoms with E-state index in [2.05, 4.69) is 11.0 Å². The number of benzene rings is 2. The minimum atomic E-state index is -4.32. The first-order valence-electron chi connectivity index (χ1n) is 12.1. The van der Waals surface area contributed by atoms with Gasteiger partial charge in [0.2, 0.25) is 0 Å². The van der Waals surface area contributed by atoms with Gasteiger partial charge >= 0.3 is 6.30 Å². The molecule has 1 fully saturated rings. The summed E-state index contributed by atoms with van der Waals surface area (Å²) >= 11 is 0.